The van der Waals surface area contributed by atoms with Crippen LogP contribution in [-0.4, -0.2) is 12.1 Å². The zero-order valence-corrected chi connectivity index (χ0v) is 10.5. The van der Waals surface area contributed by atoms with Gasteiger partial charge in [-0.2, -0.15) is 4.98 Å². The van der Waals surface area contributed by atoms with Crippen LogP contribution in [0.3, 0.4) is 0 Å². The molecule has 0 aliphatic heterocycles. The maximum atomic E-state index is 5.57. The Kier molecular flexibility index (Phi) is 2.79. The van der Waals surface area contributed by atoms with E-state index >= 15 is 0 Å². The summed E-state index contributed by atoms with van der Waals surface area (Å²) in [5.41, 5.74) is 9.50. The van der Waals surface area contributed by atoms with E-state index < -0.39 is 0 Å². The van der Waals surface area contributed by atoms with Crippen molar-refractivity contribution in [2.24, 2.45) is 0 Å². The Bertz CT molecular complexity index is 559. The minimum absolute atomic E-state index is 0.180. The van der Waals surface area contributed by atoms with Gasteiger partial charge in [0, 0.05) is 5.56 Å². The molecule has 90 valence electrons. The molecular weight excluding hydrogens is 216 g/mol. The number of hydrogen-bond acceptors (Lipinski definition) is 4. The maximum absolute atomic E-state index is 5.57. The number of ether oxygens (including phenoxy) is 1. The van der Waals surface area contributed by atoms with Crippen molar-refractivity contribution in [3.63, 3.8) is 0 Å². The number of aryl methyl sites for hydroxylation is 3. The summed E-state index contributed by atoms with van der Waals surface area (Å²) in [5, 5.41) is 0. The SMILES string of the molecule is COc1cc(C)cc(C)c1-c1nc(N)oc1C. The lowest BCUT2D eigenvalue weighted by molar-refractivity contribution is 0.415. The average Bonchev–Trinajstić information content (AvgIpc) is 2.56. The summed E-state index contributed by atoms with van der Waals surface area (Å²) in [4.78, 5) is 4.21. The van der Waals surface area contributed by atoms with E-state index in [4.69, 9.17) is 14.9 Å². The predicted molar refractivity (Wildman–Crippen MR) is 67.1 cm³/mol. The number of oxazole rings is 1. The minimum Gasteiger partial charge on any atom is -0.496 e. The summed E-state index contributed by atoms with van der Waals surface area (Å²) in [7, 11) is 1.65. The van der Waals surface area contributed by atoms with Crippen LogP contribution in [0.4, 0.5) is 6.01 Å². The van der Waals surface area contributed by atoms with Gasteiger partial charge in [0.15, 0.2) is 0 Å². The van der Waals surface area contributed by atoms with Crippen molar-refractivity contribution in [1.29, 1.82) is 0 Å². The zero-order valence-electron chi connectivity index (χ0n) is 10.5. The molecule has 0 unspecified atom stereocenters. The first-order valence-electron chi connectivity index (χ1n) is 5.41. The smallest absolute Gasteiger partial charge is 0.292 e. The molecule has 0 aliphatic carbocycles. The number of nitrogens with two attached hydrogens (primary N) is 1. The average molecular weight is 232 g/mol. The number of anilines is 1. The topological polar surface area (TPSA) is 61.3 Å². The van der Waals surface area contributed by atoms with Gasteiger partial charge in [-0.1, -0.05) is 6.07 Å². The molecule has 2 N–H and O–H groups in total. The van der Waals surface area contributed by atoms with Gasteiger partial charge < -0.3 is 14.9 Å². The highest BCUT2D eigenvalue weighted by Crippen LogP contribution is 2.36. The van der Waals surface area contributed by atoms with Crippen LogP contribution in [0.1, 0.15) is 16.9 Å². The minimum atomic E-state index is 0.180. The summed E-state index contributed by atoms with van der Waals surface area (Å²) in [5.74, 6) is 1.49. The summed E-state index contributed by atoms with van der Waals surface area (Å²) in [6, 6.07) is 4.24. The quantitative estimate of drug-likeness (QED) is 0.864. The monoisotopic (exact) mass is 232 g/mol. The van der Waals surface area contributed by atoms with Crippen molar-refractivity contribution in [2.75, 3.05) is 12.8 Å². The first-order valence-corrected chi connectivity index (χ1v) is 5.41. The van der Waals surface area contributed by atoms with E-state index in [9.17, 15) is 0 Å². The number of aromatic nitrogens is 1. The van der Waals surface area contributed by atoms with Gasteiger partial charge in [0.2, 0.25) is 0 Å². The van der Waals surface area contributed by atoms with Gasteiger partial charge in [-0.3, -0.25) is 0 Å². The molecule has 0 amide bonds. The highest BCUT2D eigenvalue weighted by atomic mass is 16.5. The molecule has 4 heteroatoms. The van der Waals surface area contributed by atoms with Crippen LogP contribution in [0.25, 0.3) is 11.3 Å². The van der Waals surface area contributed by atoms with Crippen molar-refractivity contribution >= 4 is 6.01 Å². The summed E-state index contributed by atoms with van der Waals surface area (Å²) in [6.07, 6.45) is 0. The number of nitrogen functional groups attached to an aromatic ring is 1. The van der Waals surface area contributed by atoms with Gasteiger partial charge in [0.05, 0.1) is 7.11 Å². The summed E-state index contributed by atoms with van der Waals surface area (Å²) >= 11 is 0. The molecule has 17 heavy (non-hydrogen) atoms. The number of nitrogens with zero attached hydrogens (tertiary/aromatic N) is 1. The van der Waals surface area contributed by atoms with Crippen molar-refractivity contribution in [3.05, 3.63) is 29.0 Å². The van der Waals surface area contributed by atoms with Crippen molar-refractivity contribution < 1.29 is 9.15 Å². The lowest BCUT2D eigenvalue weighted by Crippen LogP contribution is -1.94. The Morgan fingerprint density at radius 1 is 1.24 bits per heavy atom. The second-order valence-corrected chi connectivity index (χ2v) is 4.12. The molecule has 1 aromatic heterocycles. The lowest BCUT2D eigenvalue weighted by Gasteiger charge is -2.11. The molecular formula is C13H16N2O2. The highest BCUT2D eigenvalue weighted by molar-refractivity contribution is 5.73. The second-order valence-electron chi connectivity index (χ2n) is 4.12. The standard InChI is InChI=1S/C13H16N2O2/c1-7-5-8(2)11(10(6-7)16-4)12-9(3)17-13(14)15-12/h5-6H,1-4H3,(H2,14,15). The van der Waals surface area contributed by atoms with Gasteiger partial charge in [-0.15, -0.1) is 0 Å². The number of benzene rings is 1. The summed E-state index contributed by atoms with van der Waals surface area (Å²) in [6.45, 7) is 5.90. The molecule has 1 heterocycles. The predicted octanol–water partition coefficient (Wildman–Crippen LogP) is 2.86. The number of rotatable bonds is 2. The molecule has 0 radical (unpaired) electrons. The fourth-order valence-corrected chi connectivity index (χ4v) is 2.04. The van der Waals surface area contributed by atoms with Crippen molar-refractivity contribution in [1.82, 2.24) is 4.98 Å². The zero-order chi connectivity index (χ0) is 12.6. The van der Waals surface area contributed by atoms with E-state index in [1.165, 1.54) is 0 Å². The number of hydrogen-bond donors (Lipinski definition) is 1. The van der Waals surface area contributed by atoms with E-state index in [0.29, 0.717) is 5.76 Å². The van der Waals surface area contributed by atoms with E-state index in [0.717, 1.165) is 28.1 Å². The molecule has 0 fully saturated rings. The van der Waals surface area contributed by atoms with Crippen LogP contribution < -0.4 is 10.5 Å². The fourth-order valence-electron chi connectivity index (χ4n) is 2.04. The maximum Gasteiger partial charge on any atom is 0.292 e. The van der Waals surface area contributed by atoms with E-state index in [2.05, 4.69) is 11.1 Å². The van der Waals surface area contributed by atoms with Gasteiger partial charge in [-0.05, 0) is 38.0 Å². The molecule has 2 aromatic rings. The largest absolute Gasteiger partial charge is 0.496 e. The van der Waals surface area contributed by atoms with E-state index in [-0.39, 0.29) is 6.01 Å². The normalized spacial score (nSPS) is 10.6. The Hall–Kier alpha value is -1.97. The third-order valence-corrected chi connectivity index (χ3v) is 2.71. The van der Waals surface area contributed by atoms with Crippen LogP contribution in [0, 0.1) is 20.8 Å². The molecule has 4 nitrogen and oxygen atoms in total. The van der Waals surface area contributed by atoms with Gasteiger partial charge in [0.1, 0.15) is 17.2 Å². The lowest BCUT2D eigenvalue weighted by atomic mass is 10.0. The van der Waals surface area contributed by atoms with Gasteiger partial charge in [0.25, 0.3) is 6.01 Å². The first-order chi connectivity index (χ1) is 8.02. The molecule has 0 bridgehead atoms. The summed E-state index contributed by atoms with van der Waals surface area (Å²) < 4.78 is 10.7. The molecule has 0 spiro atoms. The van der Waals surface area contributed by atoms with Gasteiger partial charge >= 0.3 is 0 Å². The van der Waals surface area contributed by atoms with Crippen molar-refractivity contribution in [2.45, 2.75) is 20.8 Å². The second kappa shape index (κ2) is 4.13. The third-order valence-electron chi connectivity index (χ3n) is 2.71. The Morgan fingerprint density at radius 2 is 1.94 bits per heavy atom. The van der Waals surface area contributed by atoms with Crippen LogP contribution in [0.15, 0.2) is 16.5 Å². The first kappa shape index (κ1) is 11.5. The molecule has 0 saturated heterocycles. The molecule has 0 aliphatic rings. The van der Waals surface area contributed by atoms with Gasteiger partial charge in [-0.25, -0.2) is 0 Å². The number of methoxy groups -OCH3 is 1. The third kappa shape index (κ3) is 1.98. The van der Waals surface area contributed by atoms with E-state index in [1.54, 1.807) is 7.11 Å². The Balaban J connectivity index is 2.70. The fraction of sp³-hybridized carbons (Fsp3) is 0.308. The van der Waals surface area contributed by atoms with Crippen LogP contribution >= 0.6 is 0 Å². The van der Waals surface area contributed by atoms with Crippen LogP contribution in [0.5, 0.6) is 5.75 Å². The molecule has 1 aromatic carbocycles. The van der Waals surface area contributed by atoms with Crippen LogP contribution in [-0.2, 0) is 0 Å². The molecule has 0 atom stereocenters. The Morgan fingerprint density at radius 3 is 2.47 bits per heavy atom. The van der Waals surface area contributed by atoms with Crippen LogP contribution in [0.2, 0.25) is 0 Å². The molecule has 0 saturated carbocycles. The Labute approximate surface area is 100 Å². The van der Waals surface area contributed by atoms with E-state index in [1.807, 2.05) is 26.8 Å². The molecule has 2 rings (SSSR count). The highest BCUT2D eigenvalue weighted by Gasteiger charge is 2.17. The van der Waals surface area contributed by atoms with Crippen molar-refractivity contribution in [3.8, 4) is 17.0 Å².